The van der Waals surface area contributed by atoms with Gasteiger partial charge in [-0.1, -0.05) is 24.3 Å². The lowest BCUT2D eigenvalue weighted by Crippen LogP contribution is -2.37. The fourth-order valence-corrected chi connectivity index (χ4v) is 3.70. The lowest BCUT2D eigenvalue weighted by Gasteiger charge is -2.24. The molecule has 0 saturated heterocycles. The summed E-state index contributed by atoms with van der Waals surface area (Å²) in [4.78, 5) is 0. The monoisotopic (exact) mass is 451 g/mol. The fourth-order valence-electron chi connectivity index (χ4n) is 3.70. The molecule has 6 heteroatoms. The van der Waals surface area contributed by atoms with Crippen LogP contribution in [-0.2, 0) is 0 Å². The normalized spacial score (nSPS) is 12.9. The largest absolute Gasteiger partial charge is 0.508 e. The molecule has 0 heterocycles. The van der Waals surface area contributed by atoms with E-state index in [1.165, 1.54) is 11.1 Å². The lowest BCUT2D eigenvalue weighted by molar-refractivity contribution is 0.103. The predicted molar refractivity (Wildman–Crippen MR) is 130 cm³/mol. The third kappa shape index (κ3) is 7.41. The van der Waals surface area contributed by atoms with Crippen molar-refractivity contribution in [2.45, 2.75) is 31.4 Å². The van der Waals surface area contributed by atoms with Crippen LogP contribution in [0.1, 0.15) is 30.4 Å². The van der Waals surface area contributed by atoms with Crippen molar-refractivity contribution in [3.63, 3.8) is 0 Å². The van der Waals surface area contributed by atoms with E-state index in [-0.39, 0.29) is 24.3 Å². The maximum absolute atomic E-state index is 10.3. The Labute approximate surface area is 195 Å². The Balaban J connectivity index is 1.59. The van der Waals surface area contributed by atoms with Crippen molar-refractivity contribution in [1.82, 2.24) is 5.32 Å². The molecule has 3 aromatic carbocycles. The van der Waals surface area contributed by atoms with Crippen LogP contribution >= 0.6 is 0 Å². The summed E-state index contributed by atoms with van der Waals surface area (Å²) in [5.74, 6) is 2.63. The Morgan fingerprint density at radius 1 is 0.758 bits per heavy atom. The first kappa shape index (κ1) is 24.4. The molecule has 0 spiro atoms. The van der Waals surface area contributed by atoms with Crippen LogP contribution in [0.3, 0.4) is 0 Å². The molecular weight excluding hydrogens is 418 g/mol. The van der Waals surface area contributed by atoms with Gasteiger partial charge in [0.15, 0.2) is 0 Å². The van der Waals surface area contributed by atoms with Gasteiger partial charge in [-0.3, -0.25) is 0 Å². The number of nitrogens with one attached hydrogen (secondary N) is 1. The van der Waals surface area contributed by atoms with E-state index >= 15 is 0 Å². The quantitative estimate of drug-likeness (QED) is 0.380. The number of ether oxygens (including phenoxy) is 3. The Bertz CT molecular complexity index is 910. The first-order valence-electron chi connectivity index (χ1n) is 11.1. The van der Waals surface area contributed by atoms with Crippen molar-refractivity contribution in [1.29, 1.82) is 0 Å². The first-order chi connectivity index (χ1) is 16.0. The van der Waals surface area contributed by atoms with Crippen molar-refractivity contribution >= 4 is 0 Å². The third-order valence-electron chi connectivity index (χ3n) is 5.61. The van der Waals surface area contributed by atoms with Crippen molar-refractivity contribution in [3.8, 4) is 23.0 Å². The number of hydrogen-bond donors (Lipinski definition) is 3. The second-order valence-electron chi connectivity index (χ2n) is 8.10. The van der Waals surface area contributed by atoms with Crippen molar-refractivity contribution in [3.05, 3.63) is 83.9 Å². The van der Waals surface area contributed by atoms with E-state index in [0.717, 1.165) is 17.9 Å². The molecule has 33 heavy (non-hydrogen) atoms. The molecule has 3 aromatic rings. The number of aliphatic hydroxyl groups is 1. The SMILES string of the molecule is COc1ccc(C(CC(C)NC[C@H](O)COc2ccc(O)cc2)c2ccc(OC)cc2)cc1. The second kappa shape index (κ2) is 12.1. The number of hydrogen-bond acceptors (Lipinski definition) is 6. The second-order valence-corrected chi connectivity index (χ2v) is 8.10. The van der Waals surface area contributed by atoms with E-state index in [9.17, 15) is 10.2 Å². The Morgan fingerprint density at radius 3 is 1.73 bits per heavy atom. The predicted octanol–water partition coefficient (Wildman–Crippen LogP) is 4.35. The Hall–Kier alpha value is -3.22. The number of aliphatic hydroxyl groups excluding tert-OH is 1. The fraction of sp³-hybridized carbons (Fsp3) is 0.333. The van der Waals surface area contributed by atoms with Crippen molar-refractivity contribution < 1.29 is 24.4 Å². The number of phenolic OH excluding ortho intramolecular Hbond substituents is 1. The highest BCUT2D eigenvalue weighted by Crippen LogP contribution is 2.31. The molecule has 0 aromatic heterocycles. The van der Waals surface area contributed by atoms with Gasteiger partial charge in [0.25, 0.3) is 0 Å². The molecular formula is C27H33NO5. The number of aromatic hydroxyl groups is 1. The summed E-state index contributed by atoms with van der Waals surface area (Å²) < 4.78 is 16.2. The van der Waals surface area contributed by atoms with Crippen LogP contribution in [0.5, 0.6) is 23.0 Å². The van der Waals surface area contributed by atoms with E-state index in [2.05, 4.69) is 36.5 Å². The van der Waals surface area contributed by atoms with Gasteiger partial charge in [-0.25, -0.2) is 0 Å². The minimum absolute atomic E-state index is 0.155. The molecule has 0 bridgehead atoms. The maximum atomic E-state index is 10.3. The van der Waals surface area contributed by atoms with Crippen LogP contribution in [0, 0.1) is 0 Å². The molecule has 0 aliphatic carbocycles. The molecule has 6 nitrogen and oxygen atoms in total. The molecule has 3 N–H and O–H groups in total. The van der Waals surface area contributed by atoms with Crippen LogP contribution in [0.15, 0.2) is 72.8 Å². The summed E-state index contributed by atoms with van der Waals surface area (Å²) in [6.07, 6.45) is 0.200. The maximum Gasteiger partial charge on any atom is 0.119 e. The van der Waals surface area contributed by atoms with Gasteiger partial charge in [-0.2, -0.15) is 0 Å². The van der Waals surface area contributed by atoms with Crippen molar-refractivity contribution in [2.75, 3.05) is 27.4 Å². The summed E-state index contributed by atoms with van der Waals surface area (Å²) >= 11 is 0. The Morgan fingerprint density at radius 2 is 1.24 bits per heavy atom. The molecule has 0 aliphatic heterocycles. The zero-order chi connectivity index (χ0) is 23.6. The summed E-state index contributed by atoms with van der Waals surface area (Å²) in [7, 11) is 3.33. The highest BCUT2D eigenvalue weighted by molar-refractivity contribution is 5.38. The number of benzene rings is 3. The molecule has 176 valence electrons. The molecule has 3 rings (SSSR count). The van der Waals surface area contributed by atoms with Crippen LogP contribution in [0.2, 0.25) is 0 Å². The molecule has 0 saturated carbocycles. The van der Waals surface area contributed by atoms with Gasteiger partial charge < -0.3 is 29.7 Å². The number of rotatable bonds is 12. The smallest absolute Gasteiger partial charge is 0.119 e. The zero-order valence-corrected chi connectivity index (χ0v) is 19.4. The van der Waals surface area contributed by atoms with E-state index in [1.807, 2.05) is 24.3 Å². The van der Waals surface area contributed by atoms with E-state index in [0.29, 0.717) is 12.3 Å². The van der Waals surface area contributed by atoms with E-state index < -0.39 is 6.10 Å². The topological polar surface area (TPSA) is 80.2 Å². The summed E-state index contributed by atoms with van der Waals surface area (Å²) in [5, 5.41) is 23.1. The van der Waals surface area contributed by atoms with Crippen LogP contribution in [0.25, 0.3) is 0 Å². The highest BCUT2D eigenvalue weighted by Gasteiger charge is 2.19. The van der Waals surface area contributed by atoms with Crippen LogP contribution in [0.4, 0.5) is 0 Å². The van der Waals surface area contributed by atoms with E-state index in [1.54, 1.807) is 38.5 Å². The minimum atomic E-state index is -0.651. The third-order valence-corrected chi connectivity index (χ3v) is 5.61. The highest BCUT2D eigenvalue weighted by atomic mass is 16.5. The molecule has 0 radical (unpaired) electrons. The number of phenols is 1. The number of methoxy groups -OCH3 is 2. The van der Waals surface area contributed by atoms with Crippen LogP contribution in [-0.4, -0.2) is 49.7 Å². The van der Waals surface area contributed by atoms with Gasteiger partial charge in [0.2, 0.25) is 0 Å². The lowest BCUT2D eigenvalue weighted by atomic mass is 9.86. The van der Waals surface area contributed by atoms with Crippen LogP contribution < -0.4 is 19.5 Å². The minimum Gasteiger partial charge on any atom is -0.508 e. The van der Waals surface area contributed by atoms with Gasteiger partial charge in [0, 0.05) is 18.5 Å². The standard InChI is InChI=1S/C27H33NO5/c1-19(28-17-23(30)18-33-26-14-8-22(29)9-15-26)16-27(20-4-10-24(31-2)11-5-20)21-6-12-25(32-3)13-7-21/h4-15,19,23,27-30H,16-18H2,1-3H3/t19?,23-/m0/s1. The molecule has 0 amide bonds. The van der Waals surface area contributed by atoms with Crippen molar-refractivity contribution in [2.24, 2.45) is 0 Å². The summed E-state index contributed by atoms with van der Waals surface area (Å²) in [6.45, 7) is 2.70. The van der Waals surface area contributed by atoms with Gasteiger partial charge in [-0.15, -0.1) is 0 Å². The molecule has 1 unspecified atom stereocenters. The molecule has 2 atom stereocenters. The molecule has 0 fully saturated rings. The zero-order valence-electron chi connectivity index (χ0n) is 19.4. The summed E-state index contributed by atoms with van der Waals surface area (Å²) in [6, 6.07) is 22.9. The average molecular weight is 452 g/mol. The summed E-state index contributed by atoms with van der Waals surface area (Å²) in [5.41, 5.74) is 2.40. The molecule has 0 aliphatic rings. The van der Waals surface area contributed by atoms with Gasteiger partial charge >= 0.3 is 0 Å². The van der Waals surface area contributed by atoms with Gasteiger partial charge in [0.1, 0.15) is 35.7 Å². The van der Waals surface area contributed by atoms with Gasteiger partial charge in [0.05, 0.1) is 14.2 Å². The Kier molecular flexibility index (Phi) is 8.98. The first-order valence-corrected chi connectivity index (χ1v) is 11.1. The van der Waals surface area contributed by atoms with E-state index in [4.69, 9.17) is 14.2 Å². The van der Waals surface area contributed by atoms with Gasteiger partial charge in [-0.05, 0) is 73.0 Å². The average Bonchev–Trinajstić information content (AvgIpc) is 2.86.